The zero-order valence-electron chi connectivity index (χ0n) is 10.5. The van der Waals surface area contributed by atoms with Crippen LogP contribution in [0.4, 0.5) is 0 Å². The predicted octanol–water partition coefficient (Wildman–Crippen LogP) is 3.84. The Bertz CT molecular complexity index is 401. The van der Waals surface area contributed by atoms with Gasteiger partial charge in [0.25, 0.3) is 0 Å². The van der Waals surface area contributed by atoms with Crippen LogP contribution in [-0.2, 0) is 0 Å². The van der Waals surface area contributed by atoms with Crippen LogP contribution in [0.5, 0.6) is 0 Å². The van der Waals surface area contributed by atoms with Gasteiger partial charge in [0.05, 0.1) is 0 Å². The molecule has 0 spiro atoms. The monoisotopic (exact) mass is 309 g/mol. The van der Waals surface area contributed by atoms with Gasteiger partial charge in [-0.15, -0.1) is 0 Å². The van der Waals surface area contributed by atoms with Crippen molar-refractivity contribution in [3.05, 3.63) is 40.8 Å². The Morgan fingerprint density at radius 3 is 2.50 bits per heavy atom. The van der Waals surface area contributed by atoms with Crippen LogP contribution < -0.4 is 4.46 Å². The molecule has 1 aliphatic rings. The number of nitrogens with zero attached hydrogens (tertiary/aromatic N) is 3. The summed E-state index contributed by atoms with van der Waals surface area (Å²) < 4.78 is 1.42. The van der Waals surface area contributed by atoms with Gasteiger partial charge in [-0.2, -0.15) is 0 Å². The van der Waals surface area contributed by atoms with E-state index < -0.39 is 0 Å². The third kappa shape index (κ3) is 4.06. The third-order valence-corrected chi connectivity index (χ3v) is 6.33. The minimum absolute atomic E-state index is 0.218. The van der Waals surface area contributed by atoms with Crippen molar-refractivity contribution in [2.75, 3.05) is 0 Å². The predicted molar refractivity (Wildman–Crippen MR) is 76.2 cm³/mol. The van der Waals surface area contributed by atoms with Crippen molar-refractivity contribution < 1.29 is 0 Å². The number of hydrogen-bond donors (Lipinski definition) is 0. The van der Waals surface area contributed by atoms with Gasteiger partial charge in [-0.3, -0.25) is 0 Å². The first-order valence-electron chi connectivity index (χ1n) is 6.66. The van der Waals surface area contributed by atoms with Crippen molar-refractivity contribution in [3.63, 3.8) is 0 Å². The summed E-state index contributed by atoms with van der Waals surface area (Å²) in [6, 6.07) is 10.9. The van der Waals surface area contributed by atoms with Crippen LogP contribution in [0, 0.1) is 0 Å². The summed E-state index contributed by atoms with van der Waals surface area (Å²) in [5.74, 6) is 0. The number of rotatable bonds is 3. The molecule has 96 valence electrons. The van der Waals surface area contributed by atoms with Gasteiger partial charge in [0.1, 0.15) is 0 Å². The standard InChI is InChI=1S/C14H19N3Se/c15-17-16-13-10-6-1-2-7-11-14(13)18-12-8-4-3-5-9-12/h3-5,8-9,13-14H,1-2,6-7,10-11H2/t13-,14-/m1/s1. The van der Waals surface area contributed by atoms with Gasteiger partial charge in [-0.25, -0.2) is 0 Å². The van der Waals surface area contributed by atoms with Gasteiger partial charge >= 0.3 is 115 Å². The molecule has 3 nitrogen and oxygen atoms in total. The van der Waals surface area contributed by atoms with Crippen LogP contribution in [0.25, 0.3) is 10.4 Å². The molecule has 0 radical (unpaired) electrons. The van der Waals surface area contributed by atoms with E-state index in [0.29, 0.717) is 19.8 Å². The summed E-state index contributed by atoms with van der Waals surface area (Å²) in [5, 5.41) is 4.06. The van der Waals surface area contributed by atoms with Crippen LogP contribution in [0.15, 0.2) is 35.4 Å². The number of benzene rings is 1. The molecule has 1 aromatic rings. The Morgan fingerprint density at radius 2 is 1.78 bits per heavy atom. The second-order valence-electron chi connectivity index (χ2n) is 4.73. The molecule has 0 aliphatic heterocycles. The fraction of sp³-hybridized carbons (Fsp3) is 0.571. The average molecular weight is 308 g/mol. The Hall–Kier alpha value is -0.951. The summed E-state index contributed by atoms with van der Waals surface area (Å²) >= 11 is 0.428. The summed E-state index contributed by atoms with van der Waals surface area (Å²) in [6.07, 6.45) is 7.43. The molecule has 1 aliphatic carbocycles. The zero-order valence-corrected chi connectivity index (χ0v) is 12.2. The van der Waals surface area contributed by atoms with Crippen LogP contribution in [-0.4, -0.2) is 21.0 Å². The van der Waals surface area contributed by atoms with Gasteiger partial charge in [-0.05, 0) is 0 Å². The molecule has 0 heterocycles. The molecule has 2 atom stereocenters. The first-order chi connectivity index (χ1) is 8.90. The first-order valence-corrected chi connectivity index (χ1v) is 8.50. The van der Waals surface area contributed by atoms with Gasteiger partial charge in [0.15, 0.2) is 0 Å². The minimum atomic E-state index is 0.218. The average Bonchev–Trinajstić information content (AvgIpc) is 2.38. The third-order valence-electron chi connectivity index (χ3n) is 3.40. The van der Waals surface area contributed by atoms with E-state index in [9.17, 15) is 0 Å². The molecule has 4 heteroatoms. The molecule has 0 saturated heterocycles. The Labute approximate surface area is 115 Å². The summed E-state index contributed by atoms with van der Waals surface area (Å²) in [7, 11) is 0. The van der Waals surface area contributed by atoms with Crippen molar-refractivity contribution in [2.45, 2.75) is 49.4 Å². The molecule has 2 rings (SSSR count). The zero-order chi connectivity index (χ0) is 12.6. The SMILES string of the molecule is [N-]=[N+]=N[C@@H]1CCCCCC[C@H]1[Se]c1ccccc1. The van der Waals surface area contributed by atoms with Gasteiger partial charge in [0.2, 0.25) is 0 Å². The van der Waals surface area contributed by atoms with Crippen molar-refractivity contribution in [3.8, 4) is 0 Å². The van der Waals surface area contributed by atoms with Crippen molar-refractivity contribution in [2.24, 2.45) is 5.11 Å². The van der Waals surface area contributed by atoms with E-state index in [0.717, 1.165) is 6.42 Å². The molecule has 0 unspecified atom stereocenters. The van der Waals surface area contributed by atoms with Gasteiger partial charge in [-0.1, -0.05) is 0 Å². The molecule has 1 fully saturated rings. The molecular weight excluding hydrogens is 289 g/mol. The van der Waals surface area contributed by atoms with Crippen LogP contribution in [0.2, 0.25) is 4.82 Å². The second kappa shape index (κ2) is 7.48. The topological polar surface area (TPSA) is 48.8 Å². The van der Waals surface area contributed by atoms with Crippen LogP contribution in [0.3, 0.4) is 0 Å². The molecule has 0 N–H and O–H groups in total. The number of azide groups is 1. The second-order valence-corrected chi connectivity index (χ2v) is 7.49. The molecule has 0 amide bonds. The quantitative estimate of drug-likeness (QED) is 0.353. The van der Waals surface area contributed by atoms with E-state index in [-0.39, 0.29) is 6.04 Å². The van der Waals surface area contributed by atoms with Crippen LogP contribution in [0.1, 0.15) is 38.5 Å². The molecule has 1 aromatic carbocycles. The summed E-state index contributed by atoms with van der Waals surface area (Å²) in [5.41, 5.74) is 8.73. The molecule has 1 saturated carbocycles. The number of hydrogen-bond acceptors (Lipinski definition) is 1. The Balaban J connectivity index is 2.06. The van der Waals surface area contributed by atoms with E-state index in [2.05, 4.69) is 40.4 Å². The van der Waals surface area contributed by atoms with E-state index >= 15 is 0 Å². The Morgan fingerprint density at radius 1 is 1.06 bits per heavy atom. The fourth-order valence-corrected chi connectivity index (χ4v) is 5.16. The Kier molecular flexibility index (Phi) is 5.60. The molecule has 0 bridgehead atoms. The van der Waals surface area contributed by atoms with Crippen molar-refractivity contribution in [1.29, 1.82) is 0 Å². The molecule has 0 aromatic heterocycles. The van der Waals surface area contributed by atoms with E-state index in [1.807, 2.05) is 0 Å². The van der Waals surface area contributed by atoms with Crippen molar-refractivity contribution in [1.82, 2.24) is 0 Å². The molecule has 18 heavy (non-hydrogen) atoms. The van der Waals surface area contributed by atoms with E-state index in [1.165, 1.54) is 36.6 Å². The van der Waals surface area contributed by atoms with E-state index in [4.69, 9.17) is 5.53 Å². The van der Waals surface area contributed by atoms with Gasteiger partial charge in [0, 0.05) is 0 Å². The molecular formula is C14H19N3Se. The van der Waals surface area contributed by atoms with Gasteiger partial charge < -0.3 is 0 Å². The fourth-order valence-electron chi connectivity index (χ4n) is 2.44. The summed E-state index contributed by atoms with van der Waals surface area (Å²) in [6.45, 7) is 0. The normalized spacial score (nSPS) is 24.7. The van der Waals surface area contributed by atoms with E-state index in [1.54, 1.807) is 0 Å². The maximum absolute atomic E-state index is 8.73. The van der Waals surface area contributed by atoms with Crippen LogP contribution >= 0.6 is 0 Å². The van der Waals surface area contributed by atoms with Crippen molar-refractivity contribution >= 4 is 19.4 Å². The maximum atomic E-state index is 8.73. The first kappa shape index (κ1) is 13.5. The summed E-state index contributed by atoms with van der Waals surface area (Å²) in [4.78, 5) is 3.64.